The lowest BCUT2D eigenvalue weighted by Crippen LogP contribution is -2.15. The second-order valence-corrected chi connectivity index (χ2v) is 4.58. The van der Waals surface area contributed by atoms with Crippen LogP contribution in [0.25, 0.3) is 11.4 Å². The molecule has 3 N–H and O–H groups in total. The highest BCUT2D eigenvalue weighted by Crippen LogP contribution is 2.17. The second-order valence-electron chi connectivity index (χ2n) is 4.58. The number of hydrogen-bond donors (Lipinski definition) is 2. The van der Waals surface area contributed by atoms with E-state index in [1.807, 2.05) is 30.3 Å². The minimum atomic E-state index is -0.199. The maximum absolute atomic E-state index is 6.17. The van der Waals surface area contributed by atoms with Gasteiger partial charge in [-0.25, -0.2) is 4.98 Å². The Morgan fingerprint density at radius 1 is 1.10 bits per heavy atom. The first-order valence-corrected chi connectivity index (χ1v) is 6.45. The van der Waals surface area contributed by atoms with Crippen molar-refractivity contribution in [1.82, 2.24) is 20.2 Å². The zero-order chi connectivity index (χ0) is 13.8. The summed E-state index contributed by atoms with van der Waals surface area (Å²) in [5, 5.41) is 7.10. The number of rotatable bonds is 4. The summed E-state index contributed by atoms with van der Waals surface area (Å²) in [5.74, 6) is 1.31. The lowest BCUT2D eigenvalue weighted by molar-refractivity contribution is 0.671. The summed E-state index contributed by atoms with van der Waals surface area (Å²) in [6.45, 7) is 0. The zero-order valence-corrected chi connectivity index (χ0v) is 10.9. The normalized spacial score (nSPS) is 12.2. The van der Waals surface area contributed by atoms with Crippen LogP contribution in [0.1, 0.15) is 17.4 Å². The summed E-state index contributed by atoms with van der Waals surface area (Å²) in [4.78, 5) is 8.50. The van der Waals surface area contributed by atoms with Crippen LogP contribution in [0.15, 0.2) is 54.9 Å². The maximum Gasteiger partial charge on any atom is 0.182 e. The van der Waals surface area contributed by atoms with E-state index in [4.69, 9.17) is 5.73 Å². The van der Waals surface area contributed by atoms with E-state index in [1.165, 1.54) is 5.56 Å². The van der Waals surface area contributed by atoms with E-state index >= 15 is 0 Å². The Morgan fingerprint density at radius 3 is 2.70 bits per heavy atom. The molecule has 5 nitrogen and oxygen atoms in total. The number of pyridine rings is 1. The van der Waals surface area contributed by atoms with Gasteiger partial charge in [-0.1, -0.05) is 30.3 Å². The molecular weight excluding hydrogens is 250 g/mol. The fourth-order valence-electron chi connectivity index (χ4n) is 2.03. The first-order valence-electron chi connectivity index (χ1n) is 6.45. The molecule has 0 bridgehead atoms. The molecule has 0 saturated heterocycles. The summed E-state index contributed by atoms with van der Waals surface area (Å²) >= 11 is 0. The fraction of sp³-hybridized carbons (Fsp3) is 0.133. The van der Waals surface area contributed by atoms with Gasteiger partial charge in [-0.05, 0) is 24.1 Å². The van der Waals surface area contributed by atoms with Crippen LogP contribution in [0.5, 0.6) is 0 Å². The van der Waals surface area contributed by atoms with Gasteiger partial charge in [0.25, 0.3) is 0 Å². The molecule has 0 amide bonds. The van der Waals surface area contributed by atoms with E-state index in [2.05, 4.69) is 32.3 Å². The molecule has 0 aliphatic carbocycles. The number of aromatic amines is 1. The molecule has 5 heteroatoms. The standard InChI is InChI=1S/C15H15N5/c16-13(9-11-5-2-1-3-6-11)15-18-14(19-20-15)12-7-4-8-17-10-12/h1-8,10,13H,9,16H2,(H,18,19,20)/t13-/m1/s1. The van der Waals surface area contributed by atoms with Gasteiger partial charge in [-0.2, -0.15) is 5.10 Å². The molecule has 3 aromatic rings. The SMILES string of the molecule is N[C@H](Cc1ccccc1)c1nc(-c2cccnc2)n[nH]1. The summed E-state index contributed by atoms with van der Waals surface area (Å²) in [7, 11) is 0. The number of nitrogens with zero attached hydrogens (tertiary/aromatic N) is 3. The number of nitrogens with two attached hydrogens (primary N) is 1. The van der Waals surface area contributed by atoms with Crippen LogP contribution in [0.3, 0.4) is 0 Å². The number of benzene rings is 1. The molecule has 2 heterocycles. The van der Waals surface area contributed by atoms with Gasteiger partial charge in [0.1, 0.15) is 5.82 Å². The van der Waals surface area contributed by atoms with Gasteiger partial charge in [-0.15, -0.1) is 0 Å². The molecule has 1 atom stereocenters. The van der Waals surface area contributed by atoms with Crippen molar-refractivity contribution in [2.24, 2.45) is 5.73 Å². The third-order valence-electron chi connectivity index (χ3n) is 3.07. The van der Waals surface area contributed by atoms with E-state index in [9.17, 15) is 0 Å². The molecule has 2 aromatic heterocycles. The Labute approximate surface area is 116 Å². The average Bonchev–Trinajstić information content (AvgIpc) is 2.99. The highest BCUT2D eigenvalue weighted by Gasteiger charge is 2.13. The number of aromatic nitrogens is 4. The monoisotopic (exact) mass is 265 g/mol. The lowest BCUT2D eigenvalue weighted by Gasteiger charge is -2.07. The van der Waals surface area contributed by atoms with Crippen LogP contribution in [0.2, 0.25) is 0 Å². The predicted molar refractivity (Wildman–Crippen MR) is 76.7 cm³/mol. The van der Waals surface area contributed by atoms with Crippen molar-refractivity contribution >= 4 is 0 Å². The first-order chi connectivity index (χ1) is 9.83. The summed E-state index contributed by atoms with van der Waals surface area (Å²) < 4.78 is 0. The fourth-order valence-corrected chi connectivity index (χ4v) is 2.03. The minimum Gasteiger partial charge on any atom is -0.321 e. The number of H-pyrrole nitrogens is 1. The van der Waals surface area contributed by atoms with Crippen molar-refractivity contribution < 1.29 is 0 Å². The van der Waals surface area contributed by atoms with Crippen molar-refractivity contribution in [3.63, 3.8) is 0 Å². The number of hydrogen-bond acceptors (Lipinski definition) is 4. The third-order valence-corrected chi connectivity index (χ3v) is 3.07. The van der Waals surface area contributed by atoms with Crippen molar-refractivity contribution in [1.29, 1.82) is 0 Å². The van der Waals surface area contributed by atoms with E-state index < -0.39 is 0 Å². The largest absolute Gasteiger partial charge is 0.321 e. The zero-order valence-electron chi connectivity index (χ0n) is 10.9. The highest BCUT2D eigenvalue weighted by atomic mass is 15.2. The van der Waals surface area contributed by atoms with E-state index in [0.717, 1.165) is 12.0 Å². The molecule has 0 radical (unpaired) electrons. The smallest absolute Gasteiger partial charge is 0.182 e. The van der Waals surface area contributed by atoms with Gasteiger partial charge >= 0.3 is 0 Å². The Hall–Kier alpha value is -2.53. The summed E-state index contributed by atoms with van der Waals surface area (Å²) in [5.41, 5.74) is 8.23. The molecule has 0 saturated carbocycles. The van der Waals surface area contributed by atoms with Crippen molar-refractivity contribution in [2.45, 2.75) is 12.5 Å². The van der Waals surface area contributed by atoms with Crippen LogP contribution in [-0.4, -0.2) is 20.2 Å². The highest BCUT2D eigenvalue weighted by molar-refractivity contribution is 5.52. The second kappa shape index (κ2) is 5.63. The molecule has 0 fully saturated rings. The van der Waals surface area contributed by atoms with Crippen molar-refractivity contribution in [3.05, 3.63) is 66.2 Å². The van der Waals surface area contributed by atoms with Crippen molar-refractivity contribution in [2.75, 3.05) is 0 Å². The Bertz CT molecular complexity index is 663. The van der Waals surface area contributed by atoms with E-state index in [-0.39, 0.29) is 6.04 Å². The van der Waals surface area contributed by atoms with Crippen LogP contribution in [0.4, 0.5) is 0 Å². The first kappa shape index (κ1) is 12.5. The molecular formula is C15H15N5. The van der Waals surface area contributed by atoms with Gasteiger partial charge < -0.3 is 5.73 Å². The summed E-state index contributed by atoms with van der Waals surface area (Å²) in [6.07, 6.45) is 4.18. The van der Waals surface area contributed by atoms with Crippen LogP contribution < -0.4 is 5.73 Å². The molecule has 20 heavy (non-hydrogen) atoms. The van der Waals surface area contributed by atoms with Gasteiger partial charge in [0.2, 0.25) is 0 Å². The van der Waals surface area contributed by atoms with Crippen LogP contribution in [0, 0.1) is 0 Å². The van der Waals surface area contributed by atoms with Gasteiger partial charge in [0.15, 0.2) is 5.82 Å². The minimum absolute atomic E-state index is 0.199. The molecule has 3 rings (SSSR count). The Balaban J connectivity index is 1.77. The van der Waals surface area contributed by atoms with E-state index in [1.54, 1.807) is 12.4 Å². The molecule has 0 spiro atoms. The van der Waals surface area contributed by atoms with Gasteiger partial charge in [0, 0.05) is 18.0 Å². The van der Waals surface area contributed by atoms with E-state index in [0.29, 0.717) is 11.6 Å². The van der Waals surface area contributed by atoms with Gasteiger partial charge in [-0.3, -0.25) is 10.1 Å². The molecule has 0 aliphatic rings. The molecule has 0 aliphatic heterocycles. The topological polar surface area (TPSA) is 80.5 Å². The maximum atomic E-state index is 6.17. The molecule has 1 aromatic carbocycles. The lowest BCUT2D eigenvalue weighted by atomic mass is 10.1. The van der Waals surface area contributed by atoms with Crippen molar-refractivity contribution in [3.8, 4) is 11.4 Å². The number of nitrogens with one attached hydrogen (secondary N) is 1. The average molecular weight is 265 g/mol. The predicted octanol–water partition coefficient (Wildman–Crippen LogP) is 2.11. The quantitative estimate of drug-likeness (QED) is 0.757. The third kappa shape index (κ3) is 2.73. The summed E-state index contributed by atoms with van der Waals surface area (Å²) in [6, 6.07) is 13.7. The van der Waals surface area contributed by atoms with Crippen LogP contribution >= 0.6 is 0 Å². The Kier molecular flexibility index (Phi) is 3.52. The molecule has 100 valence electrons. The Morgan fingerprint density at radius 2 is 1.95 bits per heavy atom. The molecule has 0 unspecified atom stereocenters. The van der Waals surface area contributed by atoms with Gasteiger partial charge in [0.05, 0.1) is 6.04 Å². The van der Waals surface area contributed by atoms with Crippen LogP contribution in [-0.2, 0) is 6.42 Å².